The summed E-state index contributed by atoms with van der Waals surface area (Å²) in [6.07, 6.45) is 3.80. The van der Waals surface area contributed by atoms with Gasteiger partial charge < -0.3 is 5.32 Å². The molecule has 0 saturated heterocycles. The van der Waals surface area contributed by atoms with E-state index in [1.54, 1.807) is 4.68 Å². The standard InChI is InChI=1S/C15H18BrClN4O/c1-2-3-8-18-15(22)19-14-12(16)10-21(20-14)9-11-6-4-5-7-13(11)17/h4-7,10H,2-3,8-9H2,1H3,(H2,18,19,20,22). The number of carbonyl (C=O) groups excluding carboxylic acids is 1. The molecule has 118 valence electrons. The number of nitrogens with one attached hydrogen (secondary N) is 2. The summed E-state index contributed by atoms with van der Waals surface area (Å²) in [7, 11) is 0. The van der Waals surface area contributed by atoms with Crippen LogP contribution in [-0.4, -0.2) is 22.4 Å². The summed E-state index contributed by atoms with van der Waals surface area (Å²) >= 11 is 9.54. The van der Waals surface area contributed by atoms with Gasteiger partial charge in [-0.05, 0) is 34.0 Å². The number of urea groups is 1. The van der Waals surface area contributed by atoms with Crippen molar-refractivity contribution in [2.45, 2.75) is 26.3 Å². The molecule has 0 radical (unpaired) electrons. The largest absolute Gasteiger partial charge is 0.338 e. The van der Waals surface area contributed by atoms with Crippen LogP contribution in [-0.2, 0) is 6.54 Å². The molecule has 2 aromatic rings. The second-order valence-corrected chi connectivity index (χ2v) is 6.11. The molecule has 1 aromatic carbocycles. The molecule has 0 aliphatic carbocycles. The van der Waals surface area contributed by atoms with Crippen LogP contribution in [0.15, 0.2) is 34.9 Å². The number of benzene rings is 1. The van der Waals surface area contributed by atoms with Crippen LogP contribution in [0.2, 0.25) is 5.02 Å². The number of nitrogens with zero attached hydrogens (tertiary/aromatic N) is 2. The Kier molecular flexibility index (Phi) is 6.27. The number of rotatable bonds is 6. The fourth-order valence-corrected chi connectivity index (χ4v) is 2.50. The Morgan fingerprint density at radius 1 is 1.41 bits per heavy atom. The second kappa shape index (κ2) is 8.19. The second-order valence-electron chi connectivity index (χ2n) is 4.85. The van der Waals surface area contributed by atoms with Gasteiger partial charge >= 0.3 is 6.03 Å². The van der Waals surface area contributed by atoms with E-state index in [-0.39, 0.29) is 6.03 Å². The van der Waals surface area contributed by atoms with Gasteiger partial charge in [0.15, 0.2) is 5.82 Å². The molecule has 2 N–H and O–H groups in total. The molecule has 0 spiro atoms. The fourth-order valence-electron chi connectivity index (χ4n) is 1.89. The van der Waals surface area contributed by atoms with E-state index in [9.17, 15) is 4.79 Å². The van der Waals surface area contributed by atoms with Crippen LogP contribution in [0.5, 0.6) is 0 Å². The number of unbranched alkanes of at least 4 members (excludes halogenated alkanes) is 1. The molecule has 0 aliphatic rings. The third-order valence-corrected chi connectivity index (χ3v) is 4.00. The lowest BCUT2D eigenvalue weighted by Gasteiger charge is -2.05. The molecule has 0 bridgehead atoms. The lowest BCUT2D eigenvalue weighted by Crippen LogP contribution is -2.29. The molecule has 0 unspecified atom stereocenters. The average molecular weight is 386 g/mol. The molecular weight excluding hydrogens is 368 g/mol. The molecule has 1 heterocycles. The first-order chi connectivity index (χ1) is 10.6. The van der Waals surface area contributed by atoms with E-state index in [1.807, 2.05) is 30.5 Å². The third-order valence-electron chi connectivity index (χ3n) is 3.06. The van der Waals surface area contributed by atoms with E-state index in [1.165, 1.54) is 0 Å². The molecule has 1 aromatic heterocycles. The highest BCUT2D eigenvalue weighted by atomic mass is 79.9. The zero-order chi connectivity index (χ0) is 15.9. The lowest BCUT2D eigenvalue weighted by atomic mass is 10.2. The molecule has 2 amide bonds. The first-order valence-corrected chi connectivity index (χ1v) is 8.28. The first-order valence-electron chi connectivity index (χ1n) is 7.11. The summed E-state index contributed by atoms with van der Waals surface area (Å²) in [4.78, 5) is 11.7. The Morgan fingerprint density at radius 3 is 2.91 bits per heavy atom. The lowest BCUT2D eigenvalue weighted by molar-refractivity contribution is 0.252. The van der Waals surface area contributed by atoms with Gasteiger partial charge in [0.1, 0.15) is 0 Å². The summed E-state index contributed by atoms with van der Waals surface area (Å²) in [5, 5.41) is 10.6. The van der Waals surface area contributed by atoms with Crippen molar-refractivity contribution >= 4 is 39.4 Å². The van der Waals surface area contributed by atoms with Crippen molar-refractivity contribution in [2.75, 3.05) is 11.9 Å². The normalized spacial score (nSPS) is 10.5. The van der Waals surface area contributed by atoms with Crippen molar-refractivity contribution in [3.8, 4) is 0 Å². The van der Waals surface area contributed by atoms with Crippen molar-refractivity contribution in [1.29, 1.82) is 0 Å². The highest BCUT2D eigenvalue weighted by Gasteiger charge is 2.10. The van der Waals surface area contributed by atoms with Gasteiger partial charge in [0.05, 0.1) is 11.0 Å². The highest BCUT2D eigenvalue weighted by Crippen LogP contribution is 2.22. The van der Waals surface area contributed by atoms with E-state index in [0.29, 0.717) is 23.9 Å². The number of anilines is 1. The summed E-state index contributed by atoms with van der Waals surface area (Å²) < 4.78 is 2.46. The Bertz CT molecular complexity index is 644. The minimum absolute atomic E-state index is 0.253. The molecular formula is C15H18BrClN4O. The van der Waals surface area contributed by atoms with Crippen LogP contribution in [0.1, 0.15) is 25.3 Å². The van der Waals surface area contributed by atoms with Crippen molar-refractivity contribution < 1.29 is 4.79 Å². The molecule has 0 aliphatic heterocycles. The summed E-state index contributed by atoms with van der Waals surface area (Å²) in [6, 6.07) is 7.36. The molecule has 2 rings (SSSR count). The van der Waals surface area contributed by atoms with Crippen molar-refractivity contribution in [3.63, 3.8) is 0 Å². The van der Waals surface area contributed by atoms with Crippen molar-refractivity contribution in [1.82, 2.24) is 15.1 Å². The summed E-state index contributed by atoms with van der Waals surface area (Å²) in [5.74, 6) is 0.487. The smallest absolute Gasteiger partial charge is 0.320 e. The fraction of sp³-hybridized carbons (Fsp3) is 0.333. The van der Waals surface area contributed by atoms with Crippen LogP contribution in [0, 0.1) is 0 Å². The van der Waals surface area contributed by atoms with E-state index < -0.39 is 0 Å². The van der Waals surface area contributed by atoms with Gasteiger partial charge in [0.2, 0.25) is 0 Å². The number of halogens is 2. The first kappa shape index (κ1) is 16.8. The minimum atomic E-state index is -0.253. The Hall–Kier alpha value is -1.53. The maximum atomic E-state index is 11.7. The molecule has 22 heavy (non-hydrogen) atoms. The van der Waals surface area contributed by atoms with Crippen LogP contribution in [0.25, 0.3) is 0 Å². The van der Waals surface area contributed by atoms with E-state index in [2.05, 4.69) is 38.6 Å². The van der Waals surface area contributed by atoms with Crippen molar-refractivity contribution in [3.05, 3.63) is 45.5 Å². The SMILES string of the molecule is CCCCNC(=O)Nc1nn(Cc2ccccc2Cl)cc1Br. The molecule has 7 heteroatoms. The predicted molar refractivity (Wildman–Crippen MR) is 92.4 cm³/mol. The van der Waals surface area contributed by atoms with Gasteiger partial charge in [0, 0.05) is 17.8 Å². The quantitative estimate of drug-likeness (QED) is 0.730. The van der Waals surface area contributed by atoms with E-state index >= 15 is 0 Å². The number of hydrogen-bond donors (Lipinski definition) is 2. The number of hydrogen-bond acceptors (Lipinski definition) is 2. The highest BCUT2D eigenvalue weighted by molar-refractivity contribution is 9.10. The van der Waals surface area contributed by atoms with Gasteiger partial charge in [-0.15, -0.1) is 0 Å². The van der Waals surface area contributed by atoms with Crippen LogP contribution in [0.4, 0.5) is 10.6 Å². The van der Waals surface area contributed by atoms with Crippen LogP contribution in [0.3, 0.4) is 0 Å². The number of amides is 2. The Balaban J connectivity index is 1.99. The average Bonchev–Trinajstić information content (AvgIpc) is 2.81. The summed E-state index contributed by atoms with van der Waals surface area (Å²) in [5.41, 5.74) is 0.970. The maximum absolute atomic E-state index is 11.7. The zero-order valence-electron chi connectivity index (χ0n) is 12.3. The number of aromatic nitrogens is 2. The molecule has 0 fully saturated rings. The maximum Gasteiger partial charge on any atom is 0.320 e. The molecule has 0 saturated carbocycles. The van der Waals surface area contributed by atoms with E-state index in [0.717, 1.165) is 22.9 Å². The predicted octanol–water partition coefficient (Wildman–Crippen LogP) is 4.27. The number of carbonyl (C=O) groups is 1. The third kappa shape index (κ3) is 4.74. The minimum Gasteiger partial charge on any atom is -0.338 e. The van der Waals surface area contributed by atoms with Gasteiger partial charge in [-0.1, -0.05) is 43.1 Å². The topological polar surface area (TPSA) is 59.0 Å². The van der Waals surface area contributed by atoms with Gasteiger partial charge in [-0.2, -0.15) is 5.10 Å². The van der Waals surface area contributed by atoms with Gasteiger partial charge in [0.25, 0.3) is 0 Å². The Morgan fingerprint density at radius 2 is 2.18 bits per heavy atom. The zero-order valence-corrected chi connectivity index (χ0v) is 14.6. The van der Waals surface area contributed by atoms with Crippen LogP contribution >= 0.6 is 27.5 Å². The van der Waals surface area contributed by atoms with Crippen LogP contribution < -0.4 is 10.6 Å². The molecule has 0 atom stereocenters. The van der Waals surface area contributed by atoms with Crippen molar-refractivity contribution in [2.24, 2.45) is 0 Å². The Labute approximate surface area is 143 Å². The van der Waals surface area contributed by atoms with Gasteiger partial charge in [-0.3, -0.25) is 10.00 Å². The molecule has 5 nitrogen and oxygen atoms in total. The van der Waals surface area contributed by atoms with E-state index in [4.69, 9.17) is 11.6 Å². The van der Waals surface area contributed by atoms with Gasteiger partial charge in [-0.25, -0.2) is 4.79 Å². The summed E-state index contributed by atoms with van der Waals surface area (Å²) in [6.45, 7) is 3.27. The monoisotopic (exact) mass is 384 g/mol.